The first-order valence-electron chi connectivity index (χ1n) is 7.15. The summed E-state index contributed by atoms with van der Waals surface area (Å²) in [5.41, 5.74) is 0.874. The summed E-state index contributed by atoms with van der Waals surface area (Å²) in [7, 11) is 0. The molecule has 0 saturated carbocycles. The van der Waals surface area contributed by atoms with Crippen molar-refractivity contribution in [1.29, 1.82) is 0 Å². The van der Waals surface area contributed by atoms with Gasteiger partial charge in [-0.3, -0.25) is 0 Å². The maximum atomic E-state index is 9.31. The third-order valence-electron chi connectivity index (χ3n) is 4.54. The normalized spacial score (nSPS) is 28.7. The fourth-order valence-corrected chi connectivity index (χ4v) is 3.36. The van der Waals surface area contributed by atoms with Crippen molar-refractivity contribution >= 4 is 0 Å². The van der Waals surface area contributed by atoms with E-state index in [1.54, 1.807) is 24.3 Å². The first-order chi connectivity index (χ1) is 9.79. The Kier molecular flexibility index (Phi) is 2.73. The minimum atomic E-state index is 0.245. The van der Waals surface area contributed by atoms with Crippen molar-refractivity contribution in [1.82, 2.24) is 15.0 Å². The molecule has 3 fully saturated rings. The molecule has 0 radical (unpaired) electrons. The monoisotopic (exact) mass is 271 g/mol. The minimum absolute atomic E-state index is 0.245. The number of rotatable bonds is 2. The molecule has 2 bridgehead atoms. The molecule has 1 unspecified atom stereocenters. The number of hydrogen-bond donors (Lipinski definition) is 1. The van der Waals surface area contributed by atoms with E-state index in [-0.39, 0.29) is 5.75 Å². The van der Waals surface area contributed by atoms with Crippen molar-refractivity contribution in [3.05, 3.63) is 30.2 Å². The zero-order valence-corrected chi connectivity index (χ0v) is 11.2. The van der Waals surface area contributed by atoms with E-state index in [0.29, 0.717) is 17.7 Å². The number of phenolic OH excluding ortho intramolecular Hbond substituents is 1. The molecule has 3 saturated heterocycles. The molecule has 20 heavy (non-hydrogen) atoms. The Balaban J connectivity index is 1.60. The number of phenols is 1. The average molecular weight is 271 g/mol. The number of aromatic nitrogens is 2. The lowest BCUT2D eigenvalue weighted by atomic mass is 9.79. The second kappa shape index (κ2) is 4.59. The predicted octanol–water partition coefficient (Wildman–Crippen LogP) is 2.25. The Morgan fingerprint density at radius 2 is 1.90 bits per heavy atom. The summed E-state index contributed by atoms with van der Waals surface area (Å²) in [6.45, 7) is 3.46. The molecule has 5 rings (SSSR count). The molecule has 1 aromatic heterocycles. The highest BCUT2D eigenvalue weighted by Crippen LogP contribution is 2.38. The summed E-state index contributed by atoms with van der Waals surface area (Å²) in [5, 5.41) is 13.4. The van der Waals surface area contributed by atoms with Crippen LogP contribution < -0.4 is 0 Å². The lowest BCUT2D eigenvalue weighted by Crippen LogP contribution is -2.46. The molecule has 3 aliphatic heterocycles. The Hall–Kier alpha value is -1.88. The summed E-state index contributed by atoms with van der Waals surface area (Å²) in [6, 6.07) is 6.89. The molecule has 5 heteroatoms. The van der Waals surface area contributed by atoms with E-state index in [0.717, 1.165) is 18.0 Å². The molecule has 104 valence electrons. The van der Waals surface area contributed by atoms with E-state index < -0.39 is 0 Å². The smallest absolute Gasteiger partial charge is 0.231 e. The minimum Gasteiger partial charge on any atom is -0.508 e. The molecule has 1 N–H and O–H groups in total. The van der Waals surface area contributed by atoms with Crippen molar-refractivity contribution in [2.75, 3.05) is 19.6 Å². The molecule has 3 aliphatic rings. The lowest BCUT2D eigenvalue weighted by molar-refractivity contribution is 0.0727. The molecule has 0 amide bonds. The van der Waals surface area contributed by atoms with Crippen LogP contribution in [0, 0.1) is 5.92 Å². The Morgan fingerprint density at radius 3 is 2.55 bits per heavy atom. The van der Waals surface area contributed by atoms with Gasteiger partial charge in [0.2, 0.25) is 11.7 Å². The second-order valence-electron chi connectivity index (χ2n) is 5.75. The van der Waals surface area contributed by atoms with Gasteiger partial charge in [0.15, 0.2) is 0 Å². The fraction of sp³-hybridized carbons (Fsp3) is 0.467. The lowest BCUT2D eigenvalue weighted by Gasteiger charge is -2.43. The van der Waals surface area contributed by atoms with Gasteiger partial charge >= 0.3 is 0 Å². The van der Waals surface area contributed by atoms with Crippen LogP contribution in [0.4, 0.5) is 0 Å². The summed E-state index contributed by atoms with van der Waals surface area (Å²) >= 11 is 0. The van der Waals surface area contributed by atoms with Crippen LogP contribution in [0.1, 0.15) is 24.7 Å². The van der Waals surface area contributed by atoms with Gasteiger partial charge in [0.25, 0.3) is 0 Å². The van der Waals surface area contributed by atoms with Gasteiger partial charge in [0.1, 0.15) is 5.75 Å². The number of piperidine rings is 3. The van der Waals surface area contributed by atoms with Crippen LogP contribution in [0.2, 0.25) is 0 Å². The van der Waals surface area contributed by atoms with Gasteiger partial charge in [0.05, 0.1) is 5.92 Å². The maximum Gasteiger partial charge on any atom is 0.231 e. The zero-order chi connectivity index (χ0) is 13.5. The van der Waals surface area contributed by atoms with Gasteiger partial charge in [-0.15, -0.1) is 0 Å². The Bertz CT molecular complexity index is 600. The van der Waals surface area contributed by atoms with Crippen molar-refractivity contribution in [2.24, 2.45) is 5.92 Å². The molecule has 2 aromatic rings. The fourth-order valence-electron chi connectivity index (χ4n) is 3.36. The van der Waals surface area contributed by atoms with Crippen molar-refractivity contribution < 1.29 is 9.63 Å². The van der Waals surface area contributed by atoms with Crippen LogP contribution in [0.25, 0.3) is 11.4 Å². The van der Waals surface area contributed by atoms with E-state index in [9.17, 15) is 5.11 Å². The SMILES string of the molecule is Oc1ccc(-c2noc(C3CN4CCC3CC4)n2)cc1. The van der Waals surface area contributed by atoms with Crippen LogP contribution in [0.3, 0.4) is 0 Å². The number of fused-ring (bicyclic) bond motifs is 3. The van der Waals surface area contributed by atoms with Crippen LogP contribution in [0.15, 0.2) is 28.8 Å². The highest BCUT2D eigenvalue weighted by Gasteiger charge is 2.38. The van der Waals surface area contributed by atoms with Crippen LogP contribution in [-0.4, -0.2) is 39.8 Å². The quantitative estimate of drug-likeness (QED) is 0.907. The molecular formula is C15H17N3O2. The molecule has 4 heterocycles. The van der Waals surface area contributed by atoms with Gasteiger partial charge < -0.3 is 14.5 Å². The van der Waals surface area contributed by atoms with E-state index in [1.165, 1.54) is 25.9 Å². The van der Waals surface area contributed by atoms with Gasteiger partial charge in [-0.1, -0.05) is 5.16 Å². The van der Waals surface area contributed by atoms with E-state index in [1.807, 2.05) is 0 Å². The van der Waals surface area contributed by atoms with Crippen molar-refractivity contribution in [3.63, 3.8) is 0 Å². The highest BCUT2D eigenvalue weighted by molar-refractivity contribution is 5.55. The van der Waals surface area contributed by atoms with E-state index in [4.69, 9.17) is 4.52 Å². The molecule has 5 nitrogen and oxygen atoms in total. The Labute approximate surface area is 117 Å². The van der Waals surface area contributed by atoms with Gasteiger partial charge in [-0.2, -0.15) is 4.98 Å². The zero-order valence-electron chi connectivity index (χ0n) is 11.2. The highest BCUT2D eigenvalue weighted by atomic mass is 16.5. The van der Waals surface area contributed by atoms with Crippen LogP contribution in [0.5, 0.6) is 5.75 Å². The predicted molar refractivity (Wildman–Crippen MR) is 73.3 cm³/mol. The van der Waals surface area contributed by atoms with Gasteiger partial charge in [0, 0.05) is 12.1 Å². The van der Waals surface area contributed by atoms with Crippen molar-refractivity contribution in [3.8, 4) is 17.1 Å². The first kappa shape index (κ1) is 11.9. The van der Waals surface area contributed by atoms with Gasteiger partial charge in [-0.05, 0) is 56.1 Å². The summed E-state index contributed by atoms with van der Waals surface area (Å²) in [4.78, 5) is 7.05. The Morgan fingerprint density at radius 1 is 1.15 bits per heavy atom. The average Bonchev–Trinajstić information content (AvgIpc) is 2.99. The topological polar surface area (TPSA) is 62.4 Å². The molecule has 0 spiro atoms. The molecule has 0 aliphatic carbocycles. The van der Waals surface area contributed by atoms with Crippen LogP contribution in [-0.2, 0) is 0 Å². The third kappa shape index (κ3) is 1.98. The third-order valence-corrected chi connectivity index (χ3v) is 4.54. The summed E-state index contributed by atoms with van der Waals surface area (Å²) in [6.07, 6.45) is 2.48. The first-order valence-corrected chi connectivity index (χ1v) is 7.15. The molecular weight excluding hydrogens is 254 g/mol. The van der Waals surface area contributed by atoms with E-state index in [2.05, 4.69) is 15.0 Å². The van der Waals surface area contributed by atoms with Crippen LogP contribution >= 0.6 is 0 Å². The summed E-state index contributed by atoms with van der Waals surface area (Å²) in [5.74, 6) is 2.69. The number of aromatic hydroxyl groups is 1. The number of hydrogen-bond acceptors (Lipinski definition) is 5. The van der Waals surface area contributed by atoms with E-state index >= 15 is 0 Å². The van der Waals surface area contributed by atoms with Crippen molar-refractivity contribution in [2.45, 2.75) is 18.8 Å². The molecule has 1 aromatic carbocycles. The number of benzene rings is 1. The van der Waals surface area contributed by atoms with Gasteiger partial charge in [-0.25, -0.2) is 0 Å². The largest absolute Gasteiger partial charge is 0.508 e. The standard InChI is InChI=1S/C15H17N3O2/c19-12-3-1-11(2-4-12)14-16-15(20-17-14)13-9-18-7-5-10(13)6-8-18/h1-4,10,13,19H,5-9H2. The second-order valence-corrected chi connectivity index (χ2v) is 5.75. The molecule has 1 atom stereocenters. The summed E-state index contributed by atoms with van der Waals surface area (Å²) < 4.78 is 5.49. The number of nitrogens with zero attached hydrogens (tertiary/aromatic N) is 3. The maximum absolute atomic E-state index is 9.31.